The number of phenolic OH excluding ortho intramolecular Hbond substituents is 1. The van der Waals surface area contributed by atoms with Crippen molar-refractivity contribution in [3.8, 4) is 5.75 Å². The molecule has 0 amide bonds. The van der Waals surface area contributed by atoms with Crippen molar-refractivity contribution in [2.75, 3.05) is 14.2 Å². The molecular formula is C11H17O3Si. The van der Waals surface area contributed by atoms with E-state index in [0.717, 1.165) is 24.4 Å². The lowest BCUT2D eigenvalue weighted by atomic mass is 10.1. The molecule has 0 saturated carbocycles. The predicted molar refractivity (Wildman–Crippen MR) is 61.0 cm³/mol. The standard InChI is InChI=1S/C11H17O3Si/c1-13-15(14-2)9-5-7-10-6-3-4-8-11(10)12/h3-4,6,8,12H,5,7,9H2,1-2H3. The lowest BCUT2D eigenvalue weighted by molar-refractivity contribution is 0.276. The zero-order chi connectivity index (χ0) is 11.1. The maximum atomic E-state index is 9.54. The molecule has 0 aliphatic heterocycles. The molecule has 1 radical (unpaired) electrons. The Balaban J connectivity index is 2.34. The van der Waals surface area contributed by atoms with E-state index in [9.17, 15) is 5.11 Å². The minimum absolute atomic E-state index is 0.376. The number of hydrogen-bond donors (Lipinski definition) is 1. The Morgan fingerprint density at radius 2 is 1.87 bits per heavy atom. The van der Waals surface area contributed by atoms with E-state index in [0.29, 0.717) is 5.75 Å². The number of para-hydroxylation sites is 1. The van der Waals surface area contributed by atoms with Crippen molar-refractivity contribution in [3.63, 3.8) is 0 Å². The van der Waals surface area contributed by atoms with Crippen LogP contribution in [0.1, 0.15) is 12.0 Å². The Morgan fingerprint density at radius 1 is 1.20 bits per heavy atom. The van der Waals surface area contributed by atoms with E-state index >= 15 is 0 Å². The normalized spacial score (nSPS) is 10.9. The van der Waals surface area contributed by atoms with Crippen molar-refractivity contribution in [3.05, 3.63) is 29.8 Å². The minimum Gasteiger partial charge on any atom is -0.508 e. The van der Waals surface area contributed by atoms with Crippen LogP contribution in [-0.4, -0.2) is 28.6 Å². The first-order chi connectivity index (χ1) is 7.27. The maximum Gasteiger partial charge on any atom is 0.384 e. The average Bonchev–Trinajstić information content (AvgIpc) is 2.27. The Morgan fingerprint density at radius 3 is 2.47 bits per heavy atom. The van der Waals surface area contributed by atoms with E-state index in [1.165, 1.54) is 0 Å². The fourth-order valence-corrected chi connectivity index (χ4v) is 2.47. The first-order valence-electron chi connectivity index (χ1n) is 4.98. The van der Waals surface area contributed by atoms with E-state index in [1.54, 1.807) is 20.3 Å². The maximum absolute atomic E-state index is 9.54. The largest absolute Gasteiger partial charge is 0.508 e. The zero-order valence-electron chi connectivity index (χ0n) is 9.19. The molecule has 83 valence electrons. The highest BCUT2D eigenvalue weighted by Gasteiger charge is 2.11. The second-order valence-electron chi connectivity index (χ2n) is 3.26. The molecule has 15 heavy (non-hydrogen) atoms. The summed E-state index contributed by atoms with van der Waals surface area (Å²) in [7, 11) is 2.27. The van der Waals surface area contributed by atoms with Gasteiger partial charge in [-0.25, -0.2) is 0 Å². The van der Waals surface area contributed by atoms with E-state index < -0.39 is 9.28 Å². The summed E-state index contributed by atoms with van der Waals surface area (Å²) in [5, 5.41) is 9.54. The van der Waals surface area contributed by atoms with Crippen LogP contribution >= 0.6 is 0 Å². The molecule has 1 aromatic carbocycles. The van der Waals surface area contributed by atoms with Gasteiger partial charge in [0.1, 0.15) is 5.75 Å². The molecule has 3 nitrogen and oxygen atoms in total. The molecule has 0 unspecified atom stereocenters. The second-order valence-corrected chi connectivity index (χ2v) is 5.32. The van der Waals surface area contributed by atoms with Gasteiger partial charge in [-0.15, -0.1) is 0 Å². The van der Waals surface area contributed by atoms with Gasteiger partial charge in [0.25, 0.3) is 0 Å². The first-order valence-corrected chi connectivity index (χ1v) is 6.51. The lowest BCUT2D eigenvalue weighted by Crippen LogP contribution is -2.18. The summed E-state index contributed by atoms with van der Waals surface area (Å²) in [6.07, 6.45) is 1.85. The monoisotopic (exact) mass is 225 g/mol. The molecule has 0 atom stereocenters. The Hall–Kier alpha value is -0.843. The molecule has 1 rings (SSSR count). The van der Waals surface area contributed by atoms with Crippen molar-refractivity contribution in [1.29, 1.82) is 0 Å². The summed E-state index contributed by atoms with van der Waals surface area (Å²) in [6, 6.07) is 8.37. The van der Waals surface area contributed by atoms with E-state index in [1.807, 2.05) is 18.2 Å². The summed E-state index contributed by atoms with van der Waals surface area (Å²) in [4.78, 5) is 0. The minimum atomic E-state index is -1.09. The van der Waals surface area contributed by atoms with E-state index in [4.69, 9.17) is 8.85 Å². The Labute approximate surface area is 92.5 Å². The number of phenols is 1. The van der Waals surface area contributed by atoms with Crippen LogP contribution in [0.5, 0.6) is 5.75 Å². The van der Waals surface area contributed by atoms with Gasteiger partial charge in [0.05, 0.1) is 0 Å². The molecule has 0 aromatic heterocycles. The quantitative estimate of drug-likeness (QED) is 0.754. The van der Waals surface area contributed by atoms with E-state index in [2.05, 4.69) is 0 Å². The summed E-state index contributed by atoms with van der Waals surface area (Å²) in [5.41, 5.74) is 0.992. The van der Waals surface area contributed by atoms with Crippen LogP contribution in [0.2, 0.25) is 6.04 Å². The third kappa shape index (κ3) is 4.03. The molecule has 1 N–H and O–H groups in total. The SMILES string of the molecule is CO[Si](CCCc1ccccc1O)OC. The molecule has 0 fully saturated rings. The van der Waals surface area contributed by atoms with Gasteiger partial charge in [0, 0.05) is 14.2 Å². The second kappa shape index (κ2) is 6.61. The number of aryl methyl sites for hydroxylation is 1. The lowest BCUT2D eigenvalue weighted by Gasteiger charge is -2.09. The molecule has 0 aliphatic carbocycles. The molecule has 0 aliphatic rings. The van der Waals surface area contributed by atoms with Gasteiger partial charge < -0.3 is 14.0 Å². The molecule has 0 heterocycles. The van der Waals surface area contributed by atoms with Gasteiger partial charge in [-0.3, -0.25) is 0 Å². The van der Waals surface area contributed by atoms with Gasteiger partial charge in [0.2, 0.25) is 0 Å². The number of hydrogen-bond acceptors (Lipinski definition) is 3. The highest BCUT2D eigenvalue weighted by Crippen LogP contribution is 2.18. The van der Waals surface area contributed by atoms with Crippen LogP contribution in [0.3, 0.4) is 0 Å². The van der Waals surface area contributed by atoms with Crippen LogP contribution in [0.4, 0.5) is 0 Å². The fourth-order valence-electron chi connectivity index (χ4n) is 1.43. The van der Waals surface area contributed by atoms with Crippen molar-refractivity contribution in [2.45, 2.75) is 18.9 Å². The van der Waals surface area contributed by atoms with Crippen molar-refractivity contribution in [2.24, 2.45) is 0 Å². The molecule has 4 heteroatoms. The van der Waals surface area contributed by atoms with Gasteiger partial charge in [0.15, 0.2) is 0 Å². The molecule has 0 spiro atoms. The third-order valence-corrected chi connectivity index (χ3v) is 3.95. The van der Waals surface area contributed by atoms with Crippen LogP contribution < -0.4 is 0 Å². The van der Waals surface area contributed by atoms with Gasteiger partial charge in [-0.05, 0) is 30.5 Å². The van der Waals surface area contributed by atoms with Gasteiger partial charge in [-0.2, -0.15) is 0 Å². The molecule has 0 bridgehead atoms. The summed E-state index contributed by atoms with van der Waals surface area (Å²) in [5.74, 6) is 0.376. The van der Waals surface area contributed by atoms with Crippen molar-refractivity contribution >= 4 is 9.28 Å². The van der Waals surface area contributed by atoms with Gasteiger partial charge in [-0.1, -0.05) is 18.2 Å². The Bertz CT molecular complexity index is 287. The van der Waals surface area contributed by atoms with Crippen LogP contribution in [0.25, 0.3) is 0 Å². The van der Waals surface area contributed by atoms with Crippen LogP contribution in [-0.2, 0) is 15.3 Å². The molecular weight excluding hydrogens is 208 g/mol. The van der Waals surface area contributed by atoms with Crippen LogP contribution in [0, 0.1) is 0 Å². The first kappa shape index (κ1) is 12.2. The predicted octanol–water partition coefficient (Wildman–Crippen LogP) is 2.11. The number of rotatable bonds is 6. The number of benzene rings is 1. The van der Waals surface area contributed by atoms with Gasteiger partial charge >= 0.3 is 9.28 Å². The fraction of sp³-hybridized carbons (Fsp3) is 0.455. The van der Waals surface area contributed by atoms with Crippen molar-refractivity contribution in [1.82, 2.24) is 0 Å². The smallest absolute Gasteiger partial charge is 0.384 e. The number of aromatic hydroxyl groups is 1. The van der Waals surface area contributed by atoms with Crippen molar-refractivity contribution < 1.29 is 14.0 Å². The topological polar surface area (TPSA) is 38.7 Å². The third-order valence-electron chi connectivity index (χ3n) is 2.27. The molecule has 0 saturated heterocycles. The average molecular weight is 225 g/mol. The molecule has 1 aromatic rings. The van der Waals surface area contributed by atoms with E-state index in [-0.39, 0.29) is 0 Å². The summed E-state index contributed by atoms with van der Waals surface area (Å²) >= 11 is 0. The highest BCUT2D eigenvalue weighted by atomic mass is 28.3. The summed E-state index contributed by atoms with van der Waals surface area (Å²) in [6.45, 7) is 0. The Kier molecular flexibility index (Phi) is 5.38. The van der Waals surface area contributed by atoms with Crippen LogP contribution in [0.15, 0.2) is 24.3 Å². The highest BCUT2D eigenvalue weighted by molar-refractivity contribution is 6.44. The summed E-state index contributed by atoms with van der Waals surface area (Å²) < 4.78 is 10.4. The zero-order valence-corrected chi connectivity index (χ0v) is 10.2.